The molecule has 0 radical (unpaired) electrons. The maximum absolute atomic E-state index is 4.89. The van der Waals surface area contributed by atoms with E-state index in [0.29, 0.717) is 0 Å². The average molecular weight is 219 g/mol. The average Bonchev–Trinajstić information content (AvgIpc) is 2.74. The fraction of sp³-hybridized carbons (Fsp3) is 0.769. The van der Waals surface area contributed by atoms with E-state index in [9.17, 15) is 0 Å². The summed E-state index contributed by atoms with van der Waals surface area (Å²) < 4.78 is 0. The van der Waals surface area contributed by atoms with Gasteiger partial charge in [0.25, 0.3) is 0 Å². The lowest BCUT2D eigenvalue weighted by Crippen LogP contribution is -2.08. The maximum Gasteiger partial charge on any atom is 0.0962 e. The third-order valence-corrected chi connectivity index (χ3v) is 5.59. The van der Waals surface area contributed by atoms with E-state index in [-0.39, 0.29) is 0 Å². The monoisotopic (exact) mass is 219 g/mol. The van der Waals surface area contributed by atoms with Crippen LogP contribution in [0.3, 0.4) is 0 Å². The predicted octanol–water partition coefficient (Wildman–Crippen LogP) is 3.92. The number of fused-ring (bicyclic) bond motifs is 2. The maximum atomic E-state index is 4.89. The Morgan fingerprint density at radius 2 is 2.07 bits per heavy atom. The SMILES string of the molecule is c1sc(C2CC3CCC2C3)nc1C1CC1. The van der Waals surface area contributed by atoms with Crippen molar-refractivity contribution in [2.45, 2.75) is 50.4 Å². The molecule has 2 heteroatoms. The molecule has 1 nitrogen and oxygen atoms in total. The minimum absolute atomic E-state index is 0.841. The molecule has 0 aliphatic heterocycles. The number of nitrogens with zero attached hydrogens (tertiary/aromatic N) is 1. The van der Waals surface area contributed by atoms with Gasteiger partial charge in [-0.05, 0) is 43.9 Å². The first-order valence-corrected chi connectivity index (χ1v) is 7.23. The molecule has 1 heterocycles. The van der Waals surface area contributed by atoms with Gasteiger partial charge in [-0.1, -0.05) is 6.42 Å². The second-order valence-electron chi connectivity index (χ2n) is 5.67. The van der Waals surface area contributed by atoms with Crippen molar-refractivity contribution in [1.82, 2.24) is 4.98 Å². The van der Waals surface area contributed by atoms with Crippen molar-refractivity contribution in [2.75, 3.05) is 0 Å². The molecule has 1 aromatic rings. The van der Waals surface area contributed by atoms with Crippen molar-refractivity contribution in [3.63, 3.8) is 0 Å². The third kappa shape index (κ3) is 1.37. The Morgan fingerprint density at radius 3 is 2.73 bits per heavy atom. The van der Waals surface area contributed by atoms with Crippen LogP contribution in [-0.2, 0) is 0 Å². The molecule has 80 valence electrons. The summed E-state index contributed by atoms with van der Waals surface area (Å²) in [5.41, 5.74) is 1.41. The zero-order valence-corrected chi connectivity index (χ0v) is 9.80. The molecule has 0 saturated heterocycles. The first-order chi connectivity index (χ1) is 7.40. The number of rotatable bonds is 2. The van der Waals surface area contributed by atoms with Gasteiger partial charge in [-0.3, -0.25) is 0 Å². The van der Waals surface area contributed by atoms with E-state index in [1.54, 1.807) is 0 Å². The lowest BCUT2D eigenvalue weighted by atomic mass is 9.89. The Hall–Kier alpha value is -0.370. The molecule has 1 aromatic heterocycles. The normalized spacial score (nSPS) is 38.8. The standard InChI is InChI=1S/C13H17NS/c1-2-10-5-8(1)6-11(10)13-14-12(7-15-13)9-3-4-9/h7-11H,1-6H2. The van der Waals surface area contributed by atoms with Gasteiger partial charge in [0.1, 0.15) is 0 Å². The zero-order chi connectivity index (χ0) is 9.83. The molecule has 3 aliphatic carbocycles. The molecular formula is C13H17NS. The van der Waals surface area contributed by atoms with Crippen LogP contribution in [-0.4, -0.2) is 4.98 Å². The van der Waals surface area contributed by atoms with Crippen LogP contribution in [0, 0.1) is 11.8 Å². The Labute approximate surface area is 94.9 Å². The van der Waals surface area contributed by atoms with Gasteiger partial charge in [-0.2, -0.15) is 0 Å². The lowest BCUT2D eigenvalue weighted by Gasteiger charge is -2.18. The summed E-state index contributed by atoms with van der Waals surface area (Å²) in [4.78, 5) is 4.89. The smallest absolute Gasteiger partial charge is 0.0962 e. The van der Waals surface area contributed by atoms with Crippen LogP contribution in [0.15, 0.2) is 5.38 Å². The summed E-state index contributed by atoms with van der Waals surface area (Å²) in [6, 6.07) is 0. The molecule has 0 aromatic carbocycles. The van der Waals surface area contributed by atoms with Crippen LogP contribution in [0.5, 0.6) is 0 Å². The predicted molar refractivity (Wildman–Crippen MR) is 62.3 cm³/mol. The van der Waals surface area contributed by atoms with E-state index in [1.165, 1.54) is 49.2 Å². The summed E-state index contributed by atoms with van der Waals surface area (Å²) in [5.74, 6) is 3.73. The fourth-order valence-electron chi connectivity index (χ4n) is 3.58. The van der Waals surface area contributed by atoms with Crippen LogP contribution in [0.4, 0.5) is 0 Å². The summed E-state index contributed by atoms with van der Waals surface area (Å²) in [6.07, 6.45) is 8.71. The van der Waals surface area contributed by atoms with Gasteiger partial charge >= 0.3 is 0 Å². The van der Waals surface area contributed by atoms with E-state index < -0.39 is 0 Å². The number of hydrogen-bond donors (Lipinski definition) is 0. The molecule has 3 unspecified atom stereocenters. The van der Waals surface area contributed by atoms with Crippen molar-refractivity contribution >= 4 is 11.3 Å². The summed E-state index contributed by atoms with van der Waals surface area (Å²) in [7, 11) is 0. The minimum Gasteiger partial charge on any atom is -0.246 e. The number of hydrogen-bond acceptors (Lipinski definition) is 2. The van der Waals surface area contributed by atoms with Gasteiger partial charge in [-0.15, -0.1) is 11.3 Å². The first kappa shape index (κ1) is 8.74. The molecule has 3 atom stereocenters. The van der Waals surface area contributed by atoms with E-state index in [2.05, 4.69) is 5.38 Å². The summed E-state index contributed by atoms with van der Waals surface area (Å²) >= 11 is 1.94. The van der Waals surface area contributed by atoms with Gasteiger partial charge in [-0.25, -0.2) is 4.98 Å². The quantitative estimate of drug-likeness (QED) is 0.734. The second-order valence-corrected chi connectivity index (χ2v) is 6.56. The minimum atomic E-state index is 0.841. The molecule has 0 spiro atoms. The van der Waals surface area contributed by atoms with Crippen LogP contribution in [0.1, 0.15) is 61.1 Å². The molecule has 2 bridgehead atoms. The van der Waals surface area contributed by atoms with E-state index in [1.807, 2.05) is 11.3 Å². The van der Waals surface area contributed by atoms with Crippen LogP contribution in [0.25, 0.3) is 0 Å². The second kappa shape index (κ2) is 3.07. The molecule has 3 fully saturated rings. The van der Waals surface area contributed by atoms with Gasteiger partial charge < -0.3 is 0 Å². The van der Waals surface area contributed by atoms with Crippen molar-refractivity contribution in [3.05, 3.63) is 16.1 Å². The third-order valence-electron chi connectivity index (χ3n) is 4.59. The highest BCUT2D eigenvalue weighted by Gasteiger charge is 2.41. The molecule has 3 saturated carbocycles. The molecule has 0 N–H and O–H groups in total. The van der Waals surface area contributed by atoms with Gasteiger partial charge in [0.15, 0.2) is 0 Å². The number of thiazole rings is 1. The van der Waals surface area contributed by atoms with E-state index in [0.717, 1.165) is 23.7 Å². The Morgan fingerprint density at radius 1 is 1.13 bits per heavy atom. The van der Waals surface area contributed by atoms with Crippen LogP contribution in [0.2, 0.25) is 0 Å². The highest BCUT2D eigenvalue weighted by molar-refractivity contribution is 7.09. The molecular weight excluding hydrogens is 202 g/mol. The van der Waals surface area contributed by atoms with Crippen molar-refractivity contribution in [3.8, 4) is 0 Å². The molecule has 3 aliphatic rings. The summed E-state index contributed by atoms with van der Waals surface area (Å²) in [5, 5.41) is 3.81. The van der Waals surface area contributed by atoms with E-state index in [4.69, 9.17) is 4.98 Å². The van der Waals surface area contributed by atoms with Crippen LogP contribution >= 0.6 is 11.3 Å². The topological polar surface area (TPSA) is 12.9 Å². The van der Waals surface area contributed by atoms with Gasteiger partial charge in [0, 0.05) is 17.2 Å². The Balaban J connectivity index is 1.60. The highest BCUT2D eigenvalue weighted by Crippen LogP contribution is 2.53. The van der Waals surface area contributed by atoms with Crippen molar-refractivity contribution in [2.24, 2.45) is 11.8 Å². The van der Waals surface area contributed by atoms with Gasteiger partial charge in [0.05, 0.1) is 10.7 Å². The largest absolute Gasteiger partial charge is 0.246 e. The lowest BCUT2D eigenvalue weighted by molar-refractivity contribution is 0.418. The Kier molecular flexibility index (Phi) is 1.79. The van der Waals surface area contributed by atoms with Crippen molar-refractivity contribution in [1.29, 1.82) is 0 Å². The first-order valence-electron chi connectivity index (χ1n) is 6.35. The van der Waals surface area contributed by atoms with Gasteiger partial charge in [0.2, 0.25) is 0 Å². The fourth-order valence-corrected chi connectivity index (χ4v) is 4.69. The summed E-state index contributed by atoms with van der Waals surface area (Å²) in [6.45, 7) is 0. The van der Waals surface area contributed by atoms with Crippen LogP contribution < -0.4 is 0 Å². The van der Waals surface area contributed by atoms with E-state index >= 15 is 0 Å². The number of aromatic nitrogens is 1. The zero-order valence-electron chi connectivity index (χ0n) is 8.98. The van der Waals surface area contributed by atoms with Crippen molar-refractivity contribution < 1.29 is 0 Å². The molecule has 15 heavy (non-hydrogen) atoms. The molecule has 4 rings (SSSR count). The Bertz CT molecular complexity index is 380. The highest BCUT2D eigenvalue weighted by atomic mass is 32.1. The molecule has 0 amide bonds.